The number of likely N-dealkylation sites (N-methyl/N-ethyl adjacent to an activating group) is 1. The molecular formula is C14H17BrN2O4S. The van der Waals surface area contributed by atoms with E-state index in [1.54, 1.807) is 31.3 Å². The van der Waals surface area contributed by atoms with Crippen molar-refractivity contribution >= 4 is 37.6 Å². The lowest BCUT2D eigenvalue weighted by atomic mass is 10.2. The predicted octanol–water partition coefficient (Wildman–Crippen LogP) is 0.824. The zero-order chi connectivity index (χ0) is 16.3. The first-order valence-electron chi connectivity index (χ1n) is 6.78. The Balaban J connectivity index is 1.88. The van der Waals surface area contributed by atoms with Gasteiger partial charge in [0, 0.05) is 23.1 Å². The number of benzene rings is 1. The van der Waals surface area contributed by atoms with Crippen LogP contribution in [0.15, 0.2) is 28.7 Å². The fourth-order valence-electron chi connectivity index (χ4n) is 2.30. The van der Waals surface area contributed by atoms with E-state index in [4.69, 9.17) is 0 Å². The summed E-state index contributed by atoms with van der Waals surface area (Å²) in [6, 6.07) is 6.54. The van der Waals surface area contributed by atoms with Gasteiger partial charge in [0.2, 0.25) is 5.91 Å². The zero-order valence-electron chi connectivity index (χ0n) is 12.1. The Morgan fingerprint density at radius 3 is 2.73 bits per heavy atom. The Labute approximate surface area is 137 Å². The molecule has 0 aromatic heterocycles. The van der Waals surface area contributed by atoms with Gasteiger partial charge in [-0.15, -0.1) is 0 Å². The molecular weight excluding hydrogens is 372 g/mol. The number of amides is 2. The van der Waals surface area contributed by atoms with Crippen LogP contribution in [0.5, 0.6) is 0 Å². The summed E-state index contributed by atoms with van der Waals surface area (Å²) < 4.78 is 23.7. The molecule has 0 saturated carbocycles. The van der Waals surface area contributed by atoms with Crippen LogP contribution in [-0.4, -0.2) is 56.3 Å². The number of nitrogens with one attached hydrogen (secondary N) is 1. The highest BCUT2D eigenvalue weighted by Crippen LogP contribution is 2.16. The number of halogens is 1. The van der Waals surface area contributed by atoms with Gasteiger partial charge in [-0.25, -0.2) is 8.42 Å². The zero-order valence-corrected chi connectivity index (χ0v) is 14.5. The van der Waals surface area contributed by atoms with Gasteiger partial charge in [0.1, 0.15) is 0 Å². The summed E-state index contributed by atoms with van der Waals surface area (Å²) in [5.74, 6) is -0.540. The van der Waals surface area contributed by atoms with Crippen LogP contribution in [0.2, 0.25) is 0 Å². The van der Waals surface area contributed by atoms with Crippen molar-refractivity contribution in [3.05, 3.63) is 34.3 Å². The van der Waals surface area contributed by atoms with Gasteiger partial charge in [-0.2, -0.15) is 0 Å². The molecule has 1 fully saturated rings. The van der Waals surface area contributed by atoms with Crippen molar-refractivity contribution in [2.75, 3.05) is 25.1 Å². The molecule has 0 aliphatic carbocycles. The Morgan fingerprint density at radius 1 is 1.41 bits per heavy atom. The van der Waals surface area contributed by atoms with Crippen molar-refractivity contribution in [1.82, 2.24) is 10.2 Å². The maximum Gasteiger partial charge on any atom is 0.251 e. The van der Waals surface area contributed by atoms with Gasteiger partial charge in [0.25, 0.3) is 5.91 Å². The maximum atomic E-state index is 12.1. The van der Waals surface area contributed by atoms with Crippen LogP contribution in [-0.2, 0) is 14.6 Å². The lowest BCUT2D eigenvalue weighted by molar-refractivity contribution is -0.130. The second-order valence-corrected chi connectivity index (χ2v) is 8.40. The SMILES string of the molecule is CN(C(=O)CNC(=O)c1cccc(Br)c1)C1CCS(=O)(=O)C1. The van der Waals surface area contributed by atoms with Crippen molar-refractivity contribution in [2.24, 2.45) is 0 Å². The van der Waals surface area contributed by atoms with E-state index in [9.17, 15) is 18.0 Å². The molecule has 1 aliphatic heterocycles. The van der Waals surface area contributed by atoms with Gasteiger partial charge in [-0.1, -0.05) is 22.0 Å². The number of carbonyl (C=O) groups is 2. The normalized spacial score (nSPS) is 19.6. The predicted molar refractivity (Wildman–Crippen MR) is 86.3 cm³/mol. The van der Waals surface area contributed by atoms with Crippen molar-refractivity contribution in [3.63, 3.8) is 0 Å². The number of hydrogen-bond donors (Lipinski definition) is 1. The first-order valence-corrected chi connectivity index (χ1v) is 9.40. The minimum atomic E-state index is -3.04. The Hall–Kier alpha value is -1.41. The van der Waals surface area contributed by atoms with E-state index in [2.05, 4.69) is 21.2 Å². The van der Waals surface area contributed by atoms with Gasteiger partial charge < -0.3 is 10.2 Å². The Kier molecular flexibility index (Phi) is 5.23. The van der Waals surface area contributed by atoms with E-state index in [0.717, 1.165) is 4.47 Å². The molecule has 1 aliphatic rings. The highest BCUT2D eigenvalue weighted by Gasteiger charge is 2.32. The van der Waals surface area contributed by atoms with E-state index in [0.29, 0.717) is 12.0 Å². The molecule has 1 aromatic rings. The molecule has 2 rings (SSSR count). The van der Waals surface area contributed by atoms with Crippen LogP contribution in [0.3, 0.4) is 0 Å². The lowest BCUT2D eigenvalue weighted by Crippen LogP contribution is -2.43. The summed E-state index contributed by atoms with van der Waals surface area (Å²) >= 11 is 3.28. The van der Waals surface area contributed by atoms with E-state index in [1.165, 1.54) is 4.90 Å². The molecule has 0 radical (unpaired) electrons. The smallest absolute Gasteiger partial charge is 0.251 e. The summed E-state index contributed by atoms with van der Waals surface area (Å²) in [4.78, 5) is 25.4. The summed E-state index contributed by atoms with van der Waals surface area (Å²) in [6.07, 6.45) is 0.449. The van der Waals surface area contributed by atoms with Gasteiger partial charge in [0.15, 0.2) is 9.84 Å². The highest BCUT2D eigenvalue weighted by molar-refractivity contribution is 9.10. The quantitative estimate of drug-likeness (QED) is 0.827. The van der Waals surface area contributed by atoms with Gasteiger partial charge in [0.05, 0.1) is 18.1 Å². The fourth-order valence-corrected chi connectivity index (χ4v) is 4.47. The molecule has 1 unspecified atom stereocenters. The first kappa shape index (κ1) is 17.0. The molecule has 1 atom stereocenters. The molecule has 1 saturated heterocycles. The highest BCUT2D eigenvalue weighted by atomic mass is 79.9. The molecule has 6 nitrogen and oxygen atoms in total. The third-order valence-corrected chi connectivity index (χ3v) is 5.88. The van der Waals surface area contributed by atoms with Gasteiger partial charge in [-0.05, 0) is 24.6 Å². The van der Waals surface area contributed by atoms with Crippen LogP contribution in [0.4, 0.5) is 0 Å². The van der Waals surface area contributed by atoms with Crippen LogP contribution >= 0.6 is 15.9 Å². The maximum absolute atomic E-state index is 12.1. The minimum absolute atomic E-state index is 0.00514. The molecule has 8 heteroatoms. The molecule has 0 bridgehead atoms. The third kappa shape index (κ3) is 4.30. The number of hydrogen-bond acceptors (Lipinski definition) is 4. The average molecular weight is 389 g/mol. The summed E-state index contributed by atoms with van der Waals surface area (Å²) in [5.41, 5.74) is 0.452. The van der Waals surface area contributed by atoms with Crippen LogP contribution in [0.1, 0.15) is 16.8 Å². The molecule has 1 N–H and O–H groups in total. The van der Waals surface area contributed by atoms with Gasteiger partial charge in [-0.3, -0.25) is 9.59 Å². The van der Waals surface area contributed by atoms with Crippen LogP contribution in [0, 0.1) is 0 Å². The number of nitrogens with zero attached hydrogens (tertiary/aromatic N) is 1. The van der Waals surface area contributed by atoms with E-state index in [1.807, 2.05) is 0 Å². The second kappa shape index (κ2) is 6.78. The Morgan fingerprint density at radius 2 is 2.14 bits per heavy atom. The van der Waals surface area contributed by atoms with Gasteiger partial charge >= 0.3 is 0 Å². The van der Waals surface area contributed by atoms with Crippen molar-refractivity contribution < 1.29 is 18.0 Å². The van der Waals surface area contributed by atoms with Crippen molar-refractivity contribution in [3.8, 4) is 0 Å². The summed E-state index contributed by atoms with van der Waals surface area (Å²) in [6.45, 7) is -0.154. The topological polar surface area (TPSA) is 83.6 Å². The van der Waals surface area contributed by atoms with Crippen LogP contribution in [0.25, 0.3) is 0 Å². The number of carbonyl (C=O) groups excluding carboxylic acids is 2. The monoisotopic (exact) mass is 388 g/mol. The molecule has 120 valence electrons. The molecule has 1 heterocycles. The Bertz CT molecular complexity index is 690. The minimum Gasteiger partial charge on any atom is -0.343 e. The number of sulfone groups is 1. The molecule has 2 amide bonds. The molecule has 1 aromatic carbocycles. The fraction of sp³-hybridized carbons (Fsp3) is 0.429. The van der Waals surface area contributed by atoms with E-state index < -0.39 is 9.84 Å². The van der Waals surface area contributed by atoms with E-state index in [-0.39, 0.29) is 35.9 Å². The average Bonchev–Trinajstić information content (AvgIpc) is 2.83. The molecule has 0 spiro atoms. The summed E-state index contributed by atoms with van der Waals surface area (Å²) in [7, 11) is -1.47. The summed E-state index contributed by atoms with van der Waals surface area (Å²) in [5, 5.41) is 2.55. The van der Waals surface area contributed by atoms with Crippen molar-refractivity contribution in [1.29, 1.82) is 0 Å². The largest absolute Gasteiger partial charge is 0.343 e. The third-order valence-electron chi connectivity index (χ3n) is 3.64. The lowest BCUT2D eigenvalue weighted by Gasteiger charge is -2.23. The second-order valence-electron chi connectivity index (χ2n) is 5.25. The van der Waals surface area contributed by atoms with Crippen molar-refractivity contribution in [2.45, 2.75) is 12.5 Å². The molecule has 22 heavy (non-hydrogen) atoms. The number of rotatable bonds is 4. The standard InChI is InChI=1S/C14H17BrN2O4S/c1-17(12-5-6-22(20,21)9-12)13(18)8-16-14(19)10-3-2-4-11(15)7-10/h2-4,7,12H,5-6,8-9H2,1H3,(H,16,19). The van der Waals surface area contributed by atoms with E-state index >= 15 is 0 Å². The van der Waals surface area contributed by atoms with Crippen LogP contribution < -0.4 is 5.32 Å². The first-order chi connectivity index (χ1) is 10.3.